The van der Waals surface area contributed by atoms with Crippen LogP contribution in [0.5, 0.6) is 0 Å². The number of aromatic nitrogens is 3. The number of aryl methyl sites for hydroxylation is 2. The molecule has 0 atom stereocenters. The van der Waals surface area contributed by atoms with Crippen molar-refractivity contribution in [3.05, 3.63) is 51.9 Å². The smallest absolute Gasteiger partial charge is 0.323 e. The molecule has 0 spiro atoms. The van der Waals surface area contributed by atoms with Gasteiger partial charge >= 0.3 is 5.97 Å². The maximum absolute atomic E-state index is 11.4. The number of carboxylic acids is 1. The molecule has 3 aromatic rings. The highest BCUT2D eigenvalue weighted by atomic mass is 32.2. The van der Waals surface area contributed by atoms with Crippen LogP contribution in [0.2, 0.25) is 0 Å². The van der Waals surface area contributed by atoms with Crippen molar-refractivity contribution in [3.8, 4) is 10.7 Å². The molecule has 0 bridgehead atoms. The van der Waals surface area contributed by atoms with Gasteiger partial charge < -0.3 is 5.11 Å². The van der Waals surface area contributed by atoms with Gasteiger partial charge in [-0.3, -0.25) is 9.36 Å². The Bertz CT molecular complexity index is 963. The second kappa shape index (κ2) is 8.09. The van der Waals surface area contributed by atoms with Gasteiger partial charge in [0.2, 0.25) is 0 Å². The van der Waals surface area contributed by atoms with E-state index >= 15 is 0 Å². The number of thiophene rings is 1. The van der Waals surface area contributed by atoms with E-state index in [0.717, 1.165) is 10.6 Å². The molecule has 7 heteroatoms. The molecule has 0 unspecified atom stereocenters. The van der Waals surface area contributed by atoms with Crippen LogP contribution < -0.4 is 0 Å². The molecule has 2 aromatic heterocycles. The Labute approximate surface area is 173 Å². The van der Waals surface area contributed by atoms with E-state index in [-0.39, 0.29) is 12.0 Å². The van der Waals surface area contributed by atoms with E-state index in [9.17, 15) is 9.90 Å². The van der Waals surface area contributed by atoms with Gasteiger partial charge in [0, 0.05) is 5.75 Å². The summed E-state index contributed by atoms with van der Waals surface area (Å²) >= 11 is 3.06. The van der Waals surface area contributed by atoms with Gasteiger partial charge in [-0.25, -0.2) is 0 Å². The van der Waals surface area contributed by atoms with Crippen LogP contribution in [0.15, 0.2) is 34.8 Å². The average Bonchev–Trinajstić information content (AvgIpc) is 3.22. The molecule has 0 amide bonds. The molecule has 0 aliphatic rings. The molecule has 28 heavy (non-hydrogen) atoms. The van der Waals surface area contributed by atoms with Crippen molar-refractivity contribution in [1.82, 2.24) is 14.8 Å². The third kappa shape index (κ3) is 4.47. The van der Waals surface area contributed by atoms with Crippen molar-refractivity contribution in [2.24, 2.45) is 0 Å². The summed E-state index contributed by atoms with van der Waals surface area (Å²) < 4.78 is 1.69. The maximum Gasteiger partial charge on any atom is 0.323 e. The number of hydrogen-bond donors (Lipinski definition) is 1. The zero-order valence-corrected chi connectivity index (χ0v) is 18.4. The van der Waals surface area contributed by atoms with E-state index in [1.54, 1.807) is 4.57 Å². The summed E-state index contributed by atoms with van der Waals surface area (Å²) in [4.78, 5) is 12.3. The first-order valence-corrected chi connectivity index (χ1v) is 11.0. The molecule has 1 N–H and O–H groups in total. The normalized spacial score (nSPS) is 11.8. The molecule has 5 nitrogen and oxygen atoms in total. The second-order valence-corrected chi connectivity index (χ2v) is 9.78. The molecule has 0 saturated carbocycles. The molecule has 0 saturated heterocycles. The zero-order chi connectivity index (χ0) is 20.5. The van der Waals surface area contributed by atoms with Gasteiger partial charge in [-0.05, 0) is 53.0 Å². The quantitative estimate of drug-likeness (QED) is 0.554. The van der Waals surface area contributed by atoms with E-state index in [0.29, 0.717) is 11.0 Å². The van der Waals surface area contributed by atoms with Crippen LogP contribution in [-0.2, 0) is 22.5 Å². The minimum atomic E-state index is -0.902. The number of nitrogens with zero attached hydrogens (tertiary/aromatic N) is 3. The van der Waals surface area contributed by atoms with Crippen LogP contribution in [-0.4, -0.2) is 25.8 Å². The third-order valence-electron chi connectivity index (χ3n) is 4.66. The predicted octanol–water partition coefficient (Wildman–Crippen LogP) is 5.30. The Morgan fingerprint density at radius 2 is 1.89 bits per heavy atom. The lowest BCUT2D eigenvalue weighted by Crippen LogP contribution is -2.13. The van der Waals surface area contributed by atoms with Crippen LogP contribution in [0, 0.1) is 13.8 Å². The van der Waals surface area contributed by atoms with Crippen LogP contribution in [0.25, 0.3) is 10.7 Å². The first-order chi connectivity index (χ1) is 13.2. The number of hydrogen-bond acceptors (Lipinski definition) is 5. The minimum Gasteiger partial charge on any atom is -0.480 e. The van der Waals surface area contributed by atoms with Crippen molar-refractivity contribution in [2.45, 2.75) is 57.5 Å². The standard InChI is InChI=1S/C21H25N3O2S2/c1-13-9-15(21(3,4)5)10-14(2)16(13)12-28-20-23-22-19(17-7-6-8-27-17)24(20)11-18(25)26/h6-10H,11-12H2,1-5H3,(H,25,26). The number of aliphatic carboxylic acids is 1. The van der Waals surface area contributed by atoms with E-state index in [1.807, 2.05) is 17.5 Å². The Morgan fingerprint density at radius 3 is 2.43 bits per heavy atom. The van der Waals surface area contributed by atoms with Gasteiger partial charge in [-0.1, -0.05) is 50.7 Å². The number of thioether (sulfide) groups is 1. The summed E-state index contributed by atoms with van der Waals surface area (Å²) in [5.41, 5.74) is 5.20. The van der Waals surface area contributed by atoms with Crippen molar-refractivity contribution in [3.63, 3.8) is 0 Å². The Kier molecular flexibility index (Phi) is 5.95. The van der Waals surface area contributed by atoms with Gasteiger partial charge in [0.05, 0.1) is 4.88 Å². The molecule has 0 aliphatic heterocycles. The molecule has 0 aliphatic carbocycles. The zero-order valence-electron chi connectivity index (χ0n) is 16.8. The van der Waals surface area contributed by atoms with E-state index in [1.165, 1.54) is 45.4 Å². The van der Waals surface area contributed by atoms with Gasteiger partial charge in [0.1, 0.15) is 6.54 Å². The van der Waals surface area contributed by atoms with Crippen LogP contribution in [0.4, 0.5) is 0 Å². The summed E-state index contributed by atoms with van der Waals surface area (Å²) in [6, 6.07) is 8.36. The van der Waals surface area contributed by atoms with Crippen LogP contribution in [0.1, 0.15) is 43.0 Å². The molecule has 148 valence electrons. The highest BCUT2D eigenvalue weighted by molar-refractivity contribution is 7.98. The highest BCUT2D eigenvalue weighted by Gasteiger charge is 2.19. The summed E-state index contributed by atoms with van der Waals surface area (Å²) in [5.74, 6) is 0.433. The minimum absolute atomic E-state index is 0.110. The molecular formula is C21H25N3O2S2. The van der Waals surface area contributed by atoms with Crippen molar-refractivity contribution in [2.75, 3.05) is 0 Å². The lowest BCUT2D eigenvalue weighted by atomic mass is 9.84. The van der Waals surface area contributed by atoms with Crippen LogP contribution in [0.3, 0.4) is 0 Å². The van der Waals surface area contributed by atoms with Crippen molar-refractivity contribution >= 4 is 29.1 Å². The summed E-state index contributed by atoms with van der Waals surface area (Å²) in [6.07, 6.45) is 0. The fraction of sp³-hybridized carbons (Fsp3) is 0.381. The van der Waals surface area contributed by atoms with Gasteiger partial charge in [-0.2, -0.15) is 0 Å². The molecule has 1 aromatic carbocycles. The Balaban J connectivity index is 1.88. The number of rotatable bonds is 6. The summed E-state index contributed by atoms with van der Waals surface area (Å²) in [7, 11) is 0. The molecule has 2 heterocycles. The molecule has 0 fully saturated rings. The van der Waals surface area contributed by atoms with Crippen LogP contribution >= 0.6 is 23.1 Å². The molecular weight excluding hydrogens is 390 g/mol. The van der Waals surface area contributed by atoms with Gasteiger partial charge in [-0.15, -0.1) is 21.5 Å². The largest absolute Gasteiger partial charge is 0.480 e. The molecule has 0 radical (unpaired) electrons. The number of carbonyl (C=O) groups is 1. The van der Waals surface area contributed by atoms with Crippen molar-refractivity contribution < 1.29 is 9.90 Å². The molecule has 3 rings (SSSR count). The summed E-state index contributed by atoms with van der Waals surface area (Å²) in [5, 5.41) is 20.4. The SMILES string of the molecule is Cc1cc(C(C)(C)C)cc(C)c1CSc1nnc(-c2cccs2)n1CC(=O)O. The second-order valence-electron chi connectivity index (χ2n) is 7.89. The lowest BCUT2D eigenvalue weighted by Gasteiger charge is -2.22. The predicted molar refractivity (Wildman–Crippen MR) is 115 cm³/mol. The topological polar surface area (TPSA) is 68.0 Å². The monoisotopic (exact) mass is 415 g/mol. The first kappa shape index (κ1) is 20.6. The Morgan fingerprint density at radius 1 is 1.21 bits per heavy atom. The third-order valence-corrected chi connectivity index (χ3v) is 6.52. The Hall–Kier alpha value is -2.12. The summed E-state index contributed by atoms with van der Waals surface area (Å²) in [6.45, 7) is 10.8. The number of benzene rings is 1. The fourth-order valence-corrected chi connectivity index (χ4v) is 4.90. The van der Waals surface area contributed by atoms with Crippen molar-refractivity contribution in [1.29, 1.82) is 0 Å². The van der Waals surface area contributed by atoms with E-state index in [4.69, 9.17) is 0 Å². The number of carboxylic acid groups (broad SMARTS) is 1. The highest BCUT2D eigenvalue weighted by Crippen LogP contribution is 2.32. The van der Waals surface area contributed by atoms with E-state index < -0.39 is 5.97 Å². The fourth-order valence-electron chi connectivity index (χ4n) is 3.05. The van der Waals surface area contributed by atoms with Gasteiger partial charge in [0.15, 0.2) is 11.0 Å². The first-order valence-electron chi connectivity index (χ1n) is 9.09. The van der Waals surface area contributed by atoms with Gasteiger partial charge in [0.25, 0.3) is 0 Å². The van der Waals surface area contributed by atoms with E-state index in [2.05, 4.69) is 56.9 Å². The average molecular weight is 416 g/mol. The maximum atomic E-state index is 11.4. The lowest BCUT2D eigenvalue weighted by molar-refractivity contribution is -0.137.